The Kier molecular flexibility index (Phi) is 5.16. The first-order valence-electron chi connectivity index (χ1n) is 11.1. The van der Waals surface area contributed by atoms with Crippen LogP contribution in [0.4, 0.5) is 0 Å². The molecular formula is C20H31N5O4S. The van der Waals surface area contributed by atoms with Crippen molar-refractivity contribution < 1.29 is 17.7 Å². The Morgan fingerprint density at radius 3 is 2.53 bits per heavy atom. The molecule has 4 aliphatic rings. The average Bonchev–Trinajstić information content (AvgIpc) is 3.36. The molecule has 4 heterocycles. The van der Waals surface area contributed by atoms with Crippen LogP contribution in [-0.2, 0) is 10.2 Å². The Bertz CT molecular complexity index is 900. The maximum Gasteiger partial charge on any atom is 0.282 e. The SMILES string of the molecule is CC1CN(S(=O)(=O)N2[C@@H]3CC[C@H]2CC(NC(=O)c2cc(C4CC4)on2)C3)CCC1N. The second-order valence-corrected chi connectivity index (χ2v) is 11.4. The molecule has 1 aliphatic carbocycles. The van der Waals surface area contributed by atoms with Crippen LogP contribution in [0.2, 0.25) is 0 Å². The second kappa shape index (κ2) is 7.58. The molecule has 0 aromatic carbocycles. The number of piperidine rings is 2. The summed E-state index contributed by atoms with van der Waals surface area (Å²) < 4.78 is 35.4. The summed E-state index contributed by atoms with van der Waals surface area (Å²) in [5.41, 5.74) is 6.39. The molecule has 0 radical (unpaired) electrons. The minimum Gasteiger partial charge on any atom is -0.360 e. The quantitative estimate of drug-likeness (QED) is 0.714. The summed E-state index contributed by atoms with van der Waals surface area (Å²) in [5.74, 6) is 1.13. The van der Waals surface area contributed by atoms with E-state index >= 15 is 0 Å². The third-order valence-electron chi connectivity index (χ3n) is 7.27. The van der Waals surface area contributed by atoms with Crippen molar-refractivity contribution in [3.05, 3.63) is 17.5 Å². The van der Waals surface area contributed by atoms with Gasteiger partial charge in [0.1, 0.15) is 5.76 Å². The summed E-state index contributed by atoms with van der Waals surface area (Å²) >= 11 is 0. The lowest BCUT2D eigenvalue weighted by atomic mass is 9.96. The lowest BCUT2D eigenvalue weighted by Crippen LogP contribution is -2.58. The first kappa shape index (κ1) is 20.4. The zero-order chi connectivity index (χ0) is 21.0. The molecule has 0 spiro atoms. The summed E-state index contributed by atoms with van der Waals surface area (Å²) in [7, 11) is -3.51. The van der Waals surface area contributed by atoms with E-state index in [9.17, 15) is 13.2 Å². The second-order valence-electron chi connectivity index (χ2n) is 9.54. The van der Waals surface area contributed by atoms with E-state index in [4.69, 9.17) is 10.3 Å². The molecule has 4 fully saturated rings. The van der Waals surface area contributed by atoms with Crippen LogP contribution >= 0.6 is 0 Å². The number of carbonyl (C=O) groups is 1. The number of fused-ring (bicyclic) bond motifs is 2. The summed E-state index contributed by atoms with van der Waals surface area (Å²) in [6, 6.07) is 1.62. The molecule has 1 aromatic heterocycles. The molecule has 5 atom stereocenters. The fraction of sp³-hybridized carbons (Fsp3) is 0.800. The number of nitrogens with one attached hydrogen (secondary N) is 1. The highest BCUT2D eigenvalue weighted by atomic mass is 32.2. The molecule has 3 N–H and O–H groups in total. The van der Waals surface area contributed by atoms with Crippen LogP contribution in [0.5, 0.6) is 0 Å². The molecule has 3 saturated heterocycles. The molecule has 1 amide bonds. The van der Waals surface area contributed by atoms with Gasteiger partial charge in [0.25, 0.3) is 16.1 Å². The predicted octanol–water partition coefficient (Wildman–Crippen LogP) is 1.19. The molecule has 1 saturated carbocycles. The highest BCUT2D eigenvalue weighted by Crippen LogP contribution is 2.41. The van der Waals surface area contributed by atoms with Crippen LogP contribution in [0.25, 0.3) is 0 Å². The third kappa shape index (κ3) is 3.68. The summed E-state index contributed by atoms with van der Waals surface area (Å²) in [5, 5.41) is 6.97. The van der Waals surface area contributed by atoms with E-state index in [1.807, 2.05) is 6.92 Å². The average molecular weight is 438 g/mol. The molecule has 3 aliphatic heterocycles. The van der Waals surface area contributed by atoms with Gasteiger partial charge in [-0.3, -0.25) is 4.79 Å². The van der Waals surface area contributed by atoms with Gasteiger partial charge in [0.05, 0.1) is 0 Å². The normalized spacial score (nSPS) is 35.5. The lowest BCUT2D eigenvalue weighted by molar-refractivity contribution is 0.0897. The summed E-state index contributed by atoms with van der Waals surface area (Å²) in [6.45, 7) is 2.98. The number of nitrogens with two attached hydrogens (primary N) is 1. The molecular weight excluding hydrogens is 406 g/mol. The Hall–Kier alpha value is -1.49. The first-order chi connectivity index (χ1) is 14.3. The Morgan fingerprint density at radius 1 is 1.20 bits per heavy atom. The van der Waals surface area contributed by atoms with Crippen LogP contribution in [0.1, 0.15) is 74.0 Å². The minimum atomic E-state index is -3.51. The van der Waals surface area contributed by atoms with E-state index in [0.29, 0.717) is 44.0 Å². The van der Waals surface area contributed by atoms with Crippen molar-refractivity contribution in [1.29, 1.82) is 0 Å². The number of rotatable bonds is 5. The molecule has 166 valence electrons. The van der Waals surface area contributed by atoms with Crippen molar-refractivity contribution in [3.8, 4) is 0 Å². The zero-order valence-corrected chi connectivity index (χ0v) is 18.2. The van der Waals surface area contributed by atoms with Gasteiger partial charge in [-0.15, -0.1) is 0 Å². The molecule has 9 nitrogen and oxygen atoms in total. The van der Waals surface area contributed by atoms with Crippen molar-refractivity contribution in [2.75, 3.05) is 13.1 Å². The van der Waals surface area contributed by atoms with E-state index in [1.165, 1.54) is 0 Å². The maximum atomic E-state index is 13.4. The maximum absolute atomic E-state index is 13.4. The van der Waals surface area contributed by atoms with Crippen molar-refractivity contribution in [1.82, 2.24) is 19.1 Å². The van der Waals surface area contributed by atoms with E-state index in [0.717, 1.165) is 31.4 Å². The highest BCUT2D eigenvalue weighted by molar-refractivity contribution is 7.86. The van der Waals surface area contributed by atoms with E-state index in [-0.39, 0.29) is 36.0 Å². The molecule has 5 rings (SSSR count). The summed E-state index contributed by atoms with van der Waals surface area (Å²) in [6.07, 6.45) is 5.84. The number of nitrogens with zero attached hydrogens (tertiary/aromatic N) is 3. The van der Waals surface area contributed by atoms with Crippen LogP contribution in [0, 0.1) is 5.92 Å². The van der Waals surface area contributed by atoms with Gasteiger partial charge in [-0.2, -0.15) is 17.0 Å². The molecule has 1 aromatic rings. The molecule has 3 unspecified atom stereocenters. The smallest absolute Gasteiger partial charge is 0.282 e. The number of aromatic nitrogens is 1. The third-order valence-corrected chi connectivity index (χ3v) is 9.38. The van der Waals surface area contributed by atoms with Gasteiger partial charge in [0.15, 0.2) is 5.69 Å². The fourth-order valence-electron chi connectivity index (χ4n) is 5.31. The van der Waals surface area contributed by atoms with Gasteiger partial charge in [-0.1, -0.05) is 12.1 Å². The van der Waals surface area contributed by atoms with Gasteiger partial charge < -0.3 is 15.6 Å². The van der Waals surface area contributed by atoms with Crippen LogP contribution in [-0.4, -0.2) is 65.3 Å². The number of hydrogen-bond acceptors (Lipinski definition) is 6. The van der Waals surface area contributed by atoms with Crippen molar-refractivity contribution in [2.45, 2.75) is 82.0 Å². The largest absolute Gasteiger partial charge is 0.360 e. The first-order valence-corrected chi connectivity index (χ1v) is 12.5. The number of hydrogen-bond donors (Lipinski definition) is 2. The Morgan fingerprint density at radius 2 is 1.90 bits per heavy atom. The number of amides is 1. The molecule has 10 heteroatoms. The van der Waals surface area contributed by atoms with Crippen LogP contribution in [0.3, 0.4) is 0 Å². The monoisotopic (exact) mass is 437 g/mol. The van der Waals surface area contributed by atoms with Crippen molar-refractivity contribution >= 4 is 16.1 Å². The van der Waals surface area contributed by atoms with Crippen LogP contribution in [0.15, 0.2) is 10.6 Å². The predicted molar refractivity (Wildman–Crippen MR) is 110 cm³/mol. The van der Waals surface area contributed by atoms with Gasteiger partial charge >= 0.3 is 0 Å². The fourth-order valence-corrected chi connectivity index (χ4v) is 7.48. The highest BCUT2D eigenvalue weighted by Gasteiger charge is 2.49. The van der Waals surface area contributed by atoms with Gasteiger partial charge in [-0.05, 0) is 50.9 Å². The van der Waals surface area contributed by atoms with E-state index < -0.39 is 10.2 Å². The Labute approximate surface area is 177 Å². The van der Waals surface area contributed by atoms with Gasteiger partial charge in [0, 0.05) is 49.2 Å². The van der Waals surface area contributed by atoms with Gasteiger partial charge in [0.2, 0.25) is 0 Å². The number of carbonyl (C=O) groups excluding carboxylic acids is 1. The van der Waals surface area contributed by atoms with Crippen LogP contribution < -0.4 is 11.1 Å². The Balaban J connectivity index is 1.23. The van der Waals surface area contributed by atoms with Gasteiger partial charge in [-0.25, -0.2) is 0 Å². The van der Waals surface area contributed by atoms with Crippen molar-refractivity contribution in [2.24, 2.45) is 11.7 Å². The molecule has 30 heavy (non-hydrogen) atoms. The topological polar surface area (TPSA) is 122 Å². The molecule has 2 bridgehead atoms. The van der Waals surface area contributed by atoms with Crippen molar-refractivity contribution in [3.63, 3.8) is 0 Å². The standard InChI is InChI=1S/C20H31N5O4S/c1-12-11-24(7-6-17(12)21)30(27,28)25-15-4-5-16(25)9-14(8-15)22-20(26)18-10-19(29-23-18)13-2-3-13/h10,12-17H,2-9,11,21H2,1H3,(H,22,26)/t12?,14?,15-,16+,17?. The summed E-state index contributed by atoms with van der Waals surface area (Å²) in [4.78, 5) is 12.6. The zero-order valence-electron chi connectivity index (χ0n) is 17.4. The minimum absolute atomic E-state index is 0.0452. The van der Waals surface area contributed by atoms with E-state index in [2.05, 4.69) is 10.5 Å². The van der Waals surface area contributed by atoms with E-state index in [1.54, 1.807) is 14.7 Å². The lowest BCUT2D eigenvalue weighted by Gasteiger charge is -2.43.